The fourth-order valence-electron chi connectivity index (χ4n) is 7.07. The van der Waals surface area contributed by atoms with Gasteiger partial charge < -0.3 is 0 Å². The predicted molar refractivity (Wildman–Crippen MR) is 207 cm³/mol. The standard InChI is InChI=1S/C45H27N3S/c1-3-12-31-25-33(21-19-28(31)9-1)37-16-8-18-41-42(37)39-27-35(23-24-40(39)49-41)44-46-43(34-22-20-29-10-2-4-13-32(29)26-34)47-45(48-44)38-17-7-14-30-11-5-6-15-36(30)38/h1-27H. The molecular weight excluding hydrogens is 615 g/mol. The lowest BCUT2D eigenvalue weighted by Crippen LogP contribution is -2.00. The van der Waals surface area contributed by atoms with Crippen LogP contribution in [0.15, 0.2) is 164 Å². The van der Waals surface area contributed by atoms with Crippen molar-refractivity contribution in [3.63, 3.8) is 0 Å². The van der Waals surface area contributed by atoms with Crippen molar-refractivity contribution in [1.82, 2.24) is 15.0 Å². The van der Waals surface area contributed by atoms with E-state index in [2.05, 4.69) is 164 Å². The highest BCUT2D eigenvalue weighted by atomic mass is 32.1. The fraction of sp³-hybridized carbons (Fsp3) is 0. The van der Waals surface area contributed by atoms with E-state index in [0.717, 1.165) is 32.8 Å². The van der Waals surface area contributed by atoms with E-state index >= 15 is 0 Å². The molecule has 4 heteroatoms. The molecule has 0 aliphatic carbocycles. The Morgan fingerprint density at radius 2 is 0.878 bits per heavy atom. The highest BCUT2D eigenvalue weighted by Gasteiger charge is 2.17. The van der Waals surface area contributed by atoms with Crippen molar-refractivity contribution in [2.45, 2.75) is 0 Å². The lowest BCUT2D eigenvalue weighted by atomic mass is 9.96. The van der Waals surface area contributed by atoms with E-state index in [4.69, 9.17) is 15.0 Å². The Hall–Kier alpha value is -6.23. The minimum atomic E-state index is 0.658. The molecule has 0 fully saturated rings. The summed E-state index contributed by atoms with van der Waals surface area (Å²) in [6.45, 7) is 0. The quantitative estimate of drug-likeness (QED) is 0.192. The van der Waals surface area contributed by atoms with Crippen LogP contribution in [0, 0.1) is 0 Å². The normalized spacial score (nSPS) is 11.7. The molecule has 10 aromatic rings. The van der Waals surface area contributed by atoms with Crippen LogP contribution in [0.2, 0.25) is 0 Å². The molecule has 2 aromatic heterocycles. The van der Waals surface area contributed by atoms with Gasteiger partial charge in [-0.1, -0.05) is 127 Å². The van der Waals surface area contributed by atoms with Crippen LogP contribution >= 0.6 is 11.3 Å². The molecule has 0 spiro atoms. The largest absolute Gasteiger partial charge is 0.208 e. The number of fused-ring (bicyclic) bond motifs is 6. The van der Waals surface area contributed by atoms with Crippen molar-refractivity contribution in [3.8, 4) is 45.3 Å². The summed E-state index contributed by atoms with van der Waals surface area (Å²) in [5.74, 6) is 1.98. The molecule has 0 N–H and O–H groups in total. The van der Waals surface area contributed by atoms with Crippen molar-refractivity contribution < 1.29 is 0 Å². The van der Waals surface area contributed by atoms with E-state index in [9.17, 15) is 0 Å². The number of thiophene rings is 1. The Labute approximate surface area is 286 Å². The summed E-state index contributed by atoms with van der Waals surface area (Å²) in [6, 6.07) is 58.1. The lowest BCUT2D eigenvalue weighted by Gasteiger charge is -2.11. The summed E-state index contributed by atoms with van der Waals surface area (Å²) in [5.41, 5.74) is 5.36. The van der Waals surface area contributed by atoms with Crippen molar-refractivity contribution >= 4 is 63.8 Å². The predicted octanol–water partition coefficient (Wildman–Crippen LogP) is 12.4. The maximum Gasteiger partial charge on any atom is 0.164 e. The van der Waals surface area contributed by atoms with Gasteiger partial charge in [-0.05, 0) is 79.8 Å². The molecule has 0 radical (unpaired) electrons. The first-order valence-corrected chi connectivity index (χ1v) is 17.3. The summed E-state index contributed by atoms with van der Waals surface area (Å²) < 4.78 is 2.51. The lowest BCUT2D eigenvalue weighted by molar-refractivity contribution is 1.08. The van der Waals surface area contributed by atoms with E-state index in [-0.39, 0.29) is 0 Å². The van der Waals surface area contributed by atoms with Crippen LogP contribution < -0.4 is 0 Å². The number of benzene rings is 8. The third-order valence-electron chi connectivity index (χ3n) is 9.49. The average molecular weight is 642 g/mol. The van der Waals surface area contributed by atoms with E-state index in [1.807, 2.05) is 11.3 Å². The zero-order chi connectivity index (χ0) is 32.3. The third-order valence-corrected chi connectivity index (χ3v) is 10.6. The summed E-state index contributed by atoms with van der Waals surface area (Å²) in [6.07, 6.45) is 0. The number of hydrogen-bond donors (Lipinski definition) is 0. The van der Waals surface area contributed by atoms with E-state index in [1.165, 1.54) is 47.5 Å². The molecular formula is C45H27N3S. The highest BCUT2D eigenvalue weighted by molar-refractivity contribution is 7.26. The van der Waals surface area contributed by atoms with Crippen LogP contribution in [0.4, 0.5) is 0 Å². The zero-order valence-corrected chi connectivity index (χ0v) is 27.2. The minimum Gasteiger partial charge on any atom is -0.208 e. The topological polar surface area (TPSA) is 38.7 Å². The molecule has 0 aliphatic rings. The molecule has 8 aromatic carbocycles. The van der Waals surface area contributed by atoms with Gasteiger partial charge in [-0.25, -0.2) is 15.0 Å². The van der Waals surface area contributed by atoms with Crippen LogP contribution in [-0.4, -0.2) is 15.0 Å². The van der Waals surface area contributed by atoms with E-state index in [0.29, 0.717) is 17.5 Å². The van der Waals surface area contributed by atoms with Gasteiger partial charge in [0.2, 0.25) is 0 Å². The van der Waals surface area contributed by atoms with E-state index < -0.39 is 0 Å². The Balaban J connectivity index is 1.19. The monoisotopic (exact) mass is 641 g/mol. The Morgan fingerprint density at radius 3 is 1.65 bits per heavy atom. The molecule has 0 atom stereocenters. The van der Waals surface area contributed by atoms with Crippen LogP contribution in [0.1, 0.15) is 0 Å². The van der Waals surface area contributed by atoms with Crippen LogP contribution in [0.5, 0.6) is 0 Å². The van der Waals surface area contributed by atoms with Gasteiger partial charge in [-0.15, -0.1) is 11.3 Å². The second kappa shape index (κ2) is 11.2. The minimum absolute atomic E-state index is 0.658. The molecule has 49 heavy (non-hydrogen) atoms. The zero-order valence-electron chi connectivity index (χ0n) is 26.3. The Bertz CT molecular complexity index is 2900. The number of rotatable bonds is 4. The molecule has 0 bridgehead atoms. The molecule has 3 nitrogen and oxygen atoms in total. The Kier molecular flexibility index (Phi) is 6.36. The van der Waals surface area contributed by atoms with E-state index in [1.54, 1.807) is 0 Å². The fourth-order valence-corrected chi connectivity index (χ4v) is 8.18. The third kappa shape index (κ3) is 4.76. The summed E-state index contributed by atoms with van der Waals surface area (Å²) >= 11 is 1.83. The van der Waals surface area contributed by atoms with Gasteiger partial charge in [0.1, 0.15) is 0 Å². The second-order valence-electron chi connectivity index (χ2n) is 12.4. The first kappa shape index (κ1) is 27.8. The number of nitrogens with zero attached hydrogens (tertiary/aromatic N) is 3. The van der Waals surface area contributed by atoms with Gasteiger partial charge in [0, 0.05) is 36.9 Å². The van der Waals surface area contributed by atoms with Crippen molar-refractivity contribution in [2.24, 2.45) is 0 Å². The maximum absolute atomic E-state index is 5.18. The van der Waals surface area contributed by atoms with Gasteiger partial charge >= 0.3 is 0 Å². The molecule has 0 saturated heterocycles. The van der Waals surface area contributed by atoms with Crippen molar-refractivity contribution in [1.29, 1.82) is 0 Å². The van der Waals surface area contributed by atoms with Crippen LogP contribution in [-0.2, 0) is 0 Å². The smallest absolute Gasteiger partial charge is 0.164 e. The summed E-state index contributed by atoms with van der Waals surface area (Å²) in [4.78, 5) is 15.4. The Morgan fingerprint density at radius 1 is 0.327 bits per heavy atom. The first-order chi connectivity index (χ1) is 24.2. The van der Waals surface area contributed by atoms with Gasteiger partial charge in [0.15, 0.2) is 17.5 Å². The number of hydrogen-bond acceptors (Lipinski definition) is 4. The number of aromatic nitrogens is 3. The molecule has 0 amide bonds. The maximum atomic E-state index is 5.18. The van der Waals surface area contributed by atoms with Crippen LogP contribution in [0.25, 0.3) is 97.8 Å². The van der Waals surface area contributed by atoms with Gasteiger partial charge in [-0.3, -0.25) is 0 Å². The van der Waals surface area contributed by atoms with Crippen LogP contribution in [0.3, 0.4) is 0 Å². The molecule has 0 saturated carbocycles. The van der Waals surface area contributed by atoms with Gasteiger partial charge in [0.25, 0.3) is 0 Å². The van der Waals surface area contributed by atoms with Crippen molar-refractivity contribution in [2.75, 3.05) is 0 Å². The van der Waals surface area contributed by atoms with Gasteiger partial charge in [-0.2, -0.15) is 0 Å². The molecule has 2 heterocycles. The highest BCUT2D eigenvalue weighted by Crippen LogP contribution is 2.42. The molecule has 0 unspecified atom stereocenters. The SMILES string of the molecule is c1ccc2cc(-c3nc(-c4ccc5sc6cccc(-c7ccc8ccccc8c7)c6c5c4)nc(-c4cccc5ccccc45)n3)ccc2c1. The molecule has 0 aliphatic heterocycles. The first-order valence-electron chi connectivity index (χ1n) is 16.4. The second-order valence-corrected chi connectivity index (χ2v) is 13.5. The average Bonchev–Trinajstić information content (AvgIpc) is 3.55. The van der Waals surface area contributed by atoms with Crippen molar-refractivity contribution in [3.05, 3.63) is 164 Å². The summed E-state index contributed by atoms with van der Waals surface area (Å²) in [7, 11) is 0. The molecule has 228 valence electrons. The summed E-state index contributed by atoms with van der Waals surface area (Å²) in [5, 5.41) is 9.57. The van der Waals surface area contributed by atoms with Gasteiger partial charge in [0.05, 0.1) is 0 Å². The molecule has 10 rings (SSSR count).